The van der Waals surface area contributed by atoms with Crippen LogP contribution >= 0.6 is 11.6 Å². The Kier molecular flexibility index (Phi) is 6.06. The summed E-state index contributed by atoms with van der Waals surface area (Å²) in [4.78, 5) is 10.6. The zero-order valence-corrected chi connectivity index (χ0v) is 13.4. The Morgan fingerprint density at radius 2 is 1.96 bits per heavy atom. The molecule has 2 rings (SSSR count). The Labute approximate surface area is 139 Å². The van der Waals surface area contributed by atoms with Gasteiger partial charge in [0.15, 0.2) is 0 Å². The van der Waals surface area contributed by atoms with E-state index in [1.807, 2.05) is 31.2 Å². The van der Waals surface area contributed by atoms with Crippen LogP contribution in [0.25, 0.3) is 6.08 Å². The summed E-state index contributed by atoms with van der Waals surface area (Å²) in [6.45, 7) is 2.72. The standard InChI is InChI=1S/C18H17ClO4/c1-13-3-2-4-16(11-13)22-9-10-23-17-7-6-15(19)12-14(17)5-8-18(20)21/h2-8,11-12H,9-10H2,1H3,(H,20,21). The molecule has 0 aliphatic rings. The Balaban J connectivity index is 1.93. The van der Waals surface area contributed by atoms with Crippen molar-refractivity contribution >= 4 is 23.6 Å². The minimum absolute atomic E-state index is 0.337. The van der Waals surface area contributed by atoms with Gasteiger partial charge in [-0.1, -0.05) is 23.7 Å². The largest absolute Gasteiger partial charge is 0.490 e. The van der Waals surface area contributed by atoms with Gasteiger partial charge in [0, 0.05) is 16.7 Å². The minimum Gasteiger partial charge on any atom is -0.490 e. The highest BCUT2D eigenvalue weighted by Gasteiger charge is 2.03. The van der Waals surface area contributed by atoms with Crippen LogP contribution in [0.15, 0.2) is 48.5 Å². The second-order valence-corrected chi connectivity index (χ2v) is 5.30. The average molecular weight is 333 g/mol. The van der Waals surface area contributed by atoms with Gasteiger partial charge in [-0.3, -0.25) is 0 Å². The molecule has 0 saturated carbocycles. The molecule has 4 nitrogen and oxygen atoms in total. The summed E-state index contributed by atoms with van der Waals surface area (Å²) in [5.74, 6) is 0.314. The second kappa shape index (κ2) is 8.25. The molecular weight excluding hydrogens is 316 g/mol. The van der Waals surface area contributed by atoms with Crippen molar-refractivity contribution in [2.45, 2.75) is 6.92 Å². The van der Waals surface area contributed by atoms with Crippen molar-refractivity contribution in [2.24, 2.45) is 0 Å². The number of halogens is 1. The molecule has 0 heterocycles. The monoisotopic (exact) mass is 332 g/mol. The van der Waals surface area contributed by atoms with Gasteiger partial charge in [-0.2, -0.15) is 0 Å². The fourth-order valence-corrected chi connectivity index (χ4v) is 2.14. The van der Waals surface area contributed by atoms with E-state index >= 15 is 0 Å². The molecule has 2 aromatic rings. The van der Waals surface area contributed by atoms with Gasteiger partial charge < -0.3 is 14.6 Å². The first-order valence-corrected chi connectivity index (χ1v) is 7.45. The van der Waals surface area contributed by atoms with E-state index in [0.29, 0.717) is 29.5 Å². The van der Waals surface area contributed by atoms with Gasteiger partial charge >= 0.3 is 5.97 Å². The van der Waals surface area contributed by atoms with Crippen LogP contribution in [0, 0.1) is 6.92 Å². The van der Waals surface area contributed by atoms with Gasteiger partial charge in [0.25, 0.3) is 0 Å². The Morgan fingerprint density at radius 1 is 1.17 bits per heavy atom. The Bertz CT molecular complexity index is 710. The quantitative estimate of drug-likeness (QED) is 0.609. The first kappa shape index (κ1) is 16.9. The lowest BCUT2D eigenvalue weighted by Gasteiger charge is -2.11. The summed E-state index contributed by atoms with van der Waals surface area (Å²) in [7, 11) is 0. The summed E-state index contributed by atoms with van der Waals surface area (Å²) in [6.07, 6.45) is 2.49. The topological polar surface area (TPSA) is 55.8 Å². The summed E-state index contributed by atoms with van der Waals surface area (Å²) < 4.78 is 11.3. The van der Waals surface area contributed by atoms with Crippen molar-refractivity contribution in [3.63, 3.8) is 0 Å². The number of carboxylic acids is 1. The molecule has 1 N–H and O–H groups in total. The molecule has 0 saturated heterocycles. The van der Waals surface area contributed by atoms with E-state index in [9.17, 15) is 4.79 Å². The lowest BCUT2D eigenvalue weighted by Crippen LogP contribution is -2.09. The predicted molar refractivity (Wildman–Crippen MR) is 90.3 cm³/mol. The Hall–Kier alpha value is -2.46. The number of carbonyl (C=O) groups is 1. The van der Waals surface area contributed by atoms with Gasteiger partial charge in [0.1, 0.15) is 24.7 Å². The van der Waals surface area contributed by atoms with Gasteiger partial charge in [-0.05, 0) is 48.9 Å². The SMILES string of the molecule is Cc1cccc(OCCOc2ccc(Cl)cc2C=CC(=O)O)c1. The maximum atomic E-state index is 10.6. The predicted octanol–water partition coefficient (Wildman–Crippen LogP) is 4.20. The third kappa shape index (κ3) is 5.68. The van der Waals surface area contributed by atoms with Crippen molar-refractivity contribution in [3.8, 4) is 11.5 Å². The number of aryl methyl sites for hydroxylation is 1. The number of hydrogen-bond donors (Lipinski definition) is 1. The van der Waals surface area contributed by atoms with Crippen LogP contribution < -0.4 is 9.47 Å². The molecule has 0 spiro atoms. The van der Waals surface area contributed by atoms with Crippen LogP contribution in [0.3, 0.4) is 0 Å². The molecule has 0 aliphatic carbocycles. The van der Waals surface area contributed by atoms with Crippen molar-refractivity contribution in [1.82, 2.24) is 0 Å². The molecule has 120 valence electrons. The maximum absolute atomic E-state index is 10.6. The lowest BCUT2D eigenvalue weighted by molar-refractivity contribution is -0.131. The van der Waals surface area contributed by atoms with E-state index < -0.39 is 5.97 Å². The minimum atomic E-state index is -1.03. The van der Waals surface area contributed by atoms with E-state index in [1.165, 1.54) is 6.08 Å². The highest BCUT2D eigenvalue weighted by atomic mass is 35.5. The summed E-state index contributed by atoms with van der Waals surface area (Å²) in [5, 5.41) is 9.23. The van der Waals surface area contributed by atoms with E-state index in [1.54, 1.807) is 18.2 Å². The third-order valence-electron chi connectivity index (χ3n) is 2.98. The number of aliphatic carboxylic acids is 1. The van der Waals surface area contributed by atoms with Crippen LogP contribution in [0.5, 0.6) is 11.5 Å². The summed E-state index contributed by atoms with van der Waals surface area (Å²) in [6, 6.07) is 12.8. The lowest BCUT2D eigenvalue weighted by atomic mass is 10.2. The first-order chi connectivity index (χ1) is 11.0. The van der Waals surface area contributed by atoms with Gasteiger partial charge in [-0.25, -0.2) is 4.79 Å². The van der Waals surface area contributed by atoms with E-state index in [4.69, 9.17) is 26.2 Å². The molecule has 5 heteroatoms. The highest BCUT2D eigenvalue weighted by Crippen LogP contribution is 2.24. The number of ether oxygens (including phenoxy) is 2. The number of benzene rings is 2. The zero-order valence-electron chi connectivity index (χ0n) is 12.7. The molecule has 0 fully saturated rings. The van der Waals surface area contributed by atoms with Crippen LogP contribution in [-0.4, -0.2) is 24.3 Å². The third-order valence-corrected chi connectivity index (χ3v) is 3.21. The smallest absolute Gasteiger partial charge is 0.328 e. The highest BCUT2D eigenvalue weighted by molar-refractivity contribution is 6.30. The van der Waals surface area contributed by atoms with Gasteiger partial charge in [0.05, 0.1) is 0 Å². The fourth-order valence-electron chi connectivity index (χ4n) is 1.96. The molecule has 0 bridgehead atoms. The van der Waals surface area contributed by atoms with Gasteiger partial charge in [0.2, 0.25) is 0 Å². The zero-order chi connectivity index (χ0) is 16.7. The fraction of sp³-hybridized carbons (Fsp3) is 0.167. The van der Waals surface area contributed by atoms with E-state index in [0.717, 1.165) is 17.4 Å². The van der Waals surface area contributed by atoms with Gasteiger partial charge in [-0.15, -0.1) is 0 Å². The van der Waals surface area contributed by atoms with Crippen molar-refractivity contribution in [1.29, 1.82) is 0 Å². The Morgan fingerprint density at radius 3 is 2.70 bits per heavy atom. The summed E-state index contributed by atoms with van der Waals surface area (Å²) >= 11 is 5.93. The molecule has 0 radical (unpaired) electrons. The molecule has 0 amide bonds. The van der Waals surface area contributed by atoms with Crippen molar-refractivity contribution in [2.75, 3.05) is 13.2 Å². The van der Waals surface area contributed by atoms with Crippen LogP contribution in [-0.2, 0) is 4.79 Å². The summed E-state index contributed by atoms with van der Waals surface area (Å²) in [5.41, 5.74) is 1.73. The van der Waals surface area contributed by atoms with Crippen LogP contribution in [0.4, 0.5) is 0 Å². The van der Waals surface area contributed by atoms with E-state index in [-0.39, 0.29) is 0 Å². The number of carboxylic acid groups (broad SMARTS) is 1. The first-order valence-electron chi connectivity index (χ1n) is 7.07. The molecule has 0 unspecified atom stereocenters. The molecular formula is C18H17ClO4. The van der Waals surface area contributed by atoms with E-state index in [2.05, 4.69) is 0 Å². The molecule has 0 atom stereocenters. The molecule has 0 aromatic heterocycles. The maximum Gasteiger partial charge on any atom is 0.328 e. The second-order valence-electron chi connectivity index (χ2n) is 4.87. The van der Waals surface area contributed by atoms with Crippen molar-refractivity contribution in [3.05, 3.63) is 64.7 Å². The number of rotatable bonds is 7. The van der Waals surface area contributed by atoms with Crippen LogP contribution in [0.2, 0.25) is 5.02 Å². The molecule has 0 aliphatic heterocycles. The van der Waals surface area contributed by atoms with Crippen molar-refractivity contribution < 1.29 is 19.4 Å². The molecule has 2 aromatic carbocycles. The van der Waals surface area contributed by atoms with Crippen LogP contribution in [0.1, 0.15) is 11.1 Å². The average Bonchev–Trinajstić information content (AvgIpc) is 2.51. The normalized spacial score (nSPS) is 10.7. The molecule has 23 heavy (non-hydrogen) atoms. The number of hydrogen-bond acceptors (Lipinski definition) is 3.